The summed E-state index contributed by atoms with van der Waals surface area (Å²) in [5.41, 5.74) is 4.87. The fraction of sp³-hybridized carbons (Fsp3) is 0.422. The Bertz CT molecular complexity index is 2510. The molecular weight excluding hydrogens is 762 g/mol. The maximum atomic E-state index is 17.3. The average molecular weight is 806 g/mol. The predicted molar refractivity (Wildman–Crippen MR) is 218 cm³/mol. The van der Waals surface area contributed by atoms with Gasteiger partial charge in [0.15, 0.2) is 5.82 Å². The van der Waals surface area contributed by atoms with Crippen LogP contribution in [0.2, 0.25) is 10.0 Å². The molecule has 292 valence electrons. The van der Waals surface area contributed by atoms with Crippen molar-refractivity contribution in [2.24, 2.45) is 11.8 Å². The number of pyridine rings is 1. The molecule has 6 fully saturated rings. The molecule has 0 spiro atoms. The molecule has 2 aromatic heterocycles. The van der Waals surface area contributed by atoms with Crippen molar-refractivity contribution in [2.75, 3.05) is 26.2 Å². The van der Waals surface area contributed by atoms with E-state index in [-0.39, 0.29) is 58.9 Å². The van der Waals surface area contributed by atoms with Crippen LogP contribution >= 0.6 is 23.2 Å². The van der Waals surface area contributed by atoms with Crippen LogP contribution in [-0.4, -0.2) is 69.5 Å². The Morgan fingerprint density at radius 3 is 2.60 bits per heavy atom. The van der Waals surface area contributed by atoms with E-state index in [0.29, 0.717) is 69.4 Å². The summed E-state index contributed by atoms with van der Waals surface area (Å²) >= 11 is 13.2. The molecule has 0 radical (unpaired) electrons. The topological polar surface area (TPSA) is 103 Å². The van der Waals surface area contributed by atoms with Gasteiger partial charge in [-0.2, -0.15) is 5.26 Å². The number of aryl methyl sites for hydroxylation is 2. The highest BCUT2D eigenvalue weighted by Gasteiger charge is 2.51. The molecule has 4 aliphatic heterocycles. The number of carbonyl (C=O) groups excluding carboxylic acids is 2. The van der Waals surface area contributed by atoms with Crippen molar-refractivity contribution in [1.82, 2.24) is 24.7 Å². The van der Waals surface area contributed by atoms with Crippen molar-refractivity contribution < 1.29 is 18.7 Å². The minimum Gasteiger partial charge on any atom is -0.488 e. The number of hydrogen-bond donors (Lipinski definition) is 1. The third kappa shape index (κ3) is 6.16. The summed E-state index contributed by atoms with van der Waals surface area (Å²) in [6.45, 7) is 4.78. The number of amides is 2. The Morgan fingerprint density at radius 2 is 1.86 bits per heavy atom. The highest BCUT2D eigenvalue weighted by atomic mass is 35.5. The molecule has 6 aliphatic rings. The molecule has 12 heteroatoms. The van der Waals surface area contributed by atoms with E-state index in [1.807, 2.05) is 47.1 Å². The smallest absolute Gasteiger partial charge is 0.253 e. The molecule has 2 amide bonds. The van der Waals surface area contributed by atoms with E-state index in [1.54, 1.807) is 18.2 Å². The van der Waals surface area contributed by atoms with Gasteiger partial charge in [-0.3, -0.25) is 9.59 Å². The Kier molecular flexibility index (Phi) is 9.19. The second-order valence-electron chi connectivity index (χ2n) is 16.6. The van der Waals surface area contributed by atoms with Crippen LogP contribution in [0.15, 0.2) is 54.6 Å². The van der Waals surface area contributed by atoms with Crippen LogP contribution in [0.4, 0.5) is 4.39 Å². The van der Waals surface area contributed by atoms with E-state index in [9.17, 15) is 14.9 Å². The molecule has 2 saturated carbocycles. The Hall–Kier alpha value is -4.69. The molecule has 6 heterocycles. The Labute approximate surface area is 340 Å². The van der Waals surface area contributed by atoms with Crippen LogP contribution in [-0.2, 0) is 11.2 Å². The van der Waals surface area contributed by atoms with E-state index in [2.05, 4.69) is 22.0 Å². The van der Waals surface area contributed by atoms with Crippen LogP contribution < -0.4 is 10.1 Å². The molecule has 57 heavy (non-hydrogen) atoms. The summed E-state index contributed by atoms with van der Waals surface area (Å²) in [6.07, 6.45) is 5.64. The van der Waals surface area contributed by atoms with Crippen molar-refractivity contribution in [2.45, 2.75) is 82.5 Å². The van der Waals surface area contributed by atoms with Gasteiger partial charge < -0.3 is 24.4 Å². The molecule has 3 aromatic carbocycles. The van der Waals surface area contributed by atoms with Crippen molar-refractivity contribution in [3.05, 3.63) is 93.0 Å². The second kappa shape index (κ2) is 14.3. The summed E-state index contributed by atoms with van der Waals surface area (Å²) in [7, 11) is 0. The van der Waals surface area contributed by atoms with Gasteiger partial charge in [-0.05, 0) is 93.3 Å². The lowest BCUT2D eigenvalue weighted by Gasteiger charge is -2.39. The van der Waals surface area contributed by atoms with Gasteiger partial charge in [0.2, 0.25) is 5.91 Å². The molecule has 1 N–H and O–H groups in total. The number of hydrogen-bond acceptors (Lipinski definition) is 6. The largest absolute Gasteiger partial charge is 0.488 e. The number of likely N-dealkylation sites (tertiary alicyclic amines) is 2. The van der Waals surface area contributed by atoms with Gasteiger partial charge in [-0.15, -0.1) is 0 Å². The number of halogens is 3. The first-order valence-corrected chi connectivity index (χ1v) is 21.0. The number of nitrogens with zero attached hydrogens (tertiary/aromatic N) is 5. The van der Waals surface area contributed by atoms with Crippen LogP contribution in [0.3, 0.4) is 0 Å². The van der Waals surface area contributed by atoms with Crippen LogP contribution in [0.25, 0.3) is 32.9 Å². The minimum atomic E-state index is -0.496. The van der Waals surface area contributed by atoms with Gasteiger partial charge in [0, 0.05) is 83.3 Å². The van der Waals surface area contributed by atoms with E-state index < -0.39 is 5.82 Å². The SMILES string of the molecule is Cc1nc2c(F)c(-c3cccc(Cl)c3Cl)c(CCC#N)cc2c2c1cc([C@H]1C[C@H](Oc3cccc(C(=O)N4CCCC4)c3)CN1C(=O)C1CC1)n2[C@H]1[C@H]2CN[C@@H]1C2. The molecule has 11 rings (SSSR count). The fourth-order valence-electron chi connectivity index (χ4n) is 10.1. The first kappa shape index (κ1) is 36.6. The lowest BCUT2D eigenvalue weighted by molar-refractivity contribution is -0.133. The zero-order valence-corrected chi connectivity index (χ0v) is 33.3. The van der Waals surface area contributed by atoms with E-state index in [0.717, 1.165) is 68.3 Å². The molecular formula is C45H43Cl2FN6O3. The van der Waals surface area contributed by atoms with E-state index in [1.165, 1.54) is 0 Å². The number of rotatable bonds is 9. The van der Waals surface area contributed by atoms with Crippen molar-refractivity contribution in [3.63, 3.8) is 0 Å². The van der Waals surface area contributed by atoms with Crippen molar-refractivity contribution in [3.8, 4) is 22.9 Å². The summed E-state index contributed by atoms with van der Waals surface area (Å²) in [4.78, 5) is 36.3. The van der Waals surface area contributed by atoms with Crippen LogP contribution in [0, 0.1) is 35.9 Å². The van der Waals surface area contributed by atoms with E-state index in [4.69, 9.17) is 32.9 Å². The number of nitrogens with one attached hydrogen (secondary N) is 1. The number of nitriles is 1. The van der Waals surface area contributed by atoms with Gasteiger partial charge in [-0.1, -0.05) is 41.4 Å². The van der Waals surface area contributed by atoms with Crippen molar-refractivity contribution in [1.29, 1.82) is 5.26 Å². The third-order valence-corrected chi connectivity index (χ3v) is 13.8. The van der Waals surface area contributed by atoms with Gasteiger partial charge in [0.05, 0.1) is 40.3 Å². The highest BCUT2D eigenvalue weighted by molar-refractivity contribution is 6.43. The van der Waals surface area contributed by atoms with Gasteiger partial charge in [0.25, 0.3) is 5.91 Å². The molecule has 0 unspecified atom stereocenters. The number of benzene rings is 3. The molecule has 9 nitrogen and oxygen atoms in total. The number of aromatic nitrogens is 2. The van der Waals surface area contributed by atoms with Gasteiger partial charge in [-0.25, -0.2) is 9.37 Å². The first-order chi connectivity index (χ1) is 27.7. The predicted octanol–water partition coefficient (Wildman–Crippen LogP) is 8.97. The first-order valence-electron chi connectivity index (χ1n) is 20.3. The zero-order valence-electron chi connectivity index (χ0n) is 31.7. The quantitative estimate of drug-likeness (QED) is 0.160. The minimum absolute atomic E-state index is 0.00444. The summed E-state index contributed by atoms with van der Waals surface area (Å²) in [5.74, 6) is 0.676. The summed E-state index contributed by atoms with van der Waals surface area (Å²) in [5, 5.41) is 15.5. The standard InChI is InChI=1S/C45H43Cl2FN6O3/c1-24-32-21-37(36-20-30(23-53(36)45(56)25-12-13-25)57-29-9-4-7-27(17-29)44(55)52-15-2-3-16-52)54(42-28-19-35(42)50-22-28)43(32)33-18-26(8-6-14-49)38(40(48)41(33)51-24)31-10-5-11-34(46)39(31)47/h4-5,7,9-11,17-18,21,25,28,30,35-36,42,50H,2-3,6,8,12-13,15-16,19-20,22-23H2,1H3/t28-,30+,35-,36-,42+/m1/s1. The van der Waals surface area contributed by atoms with Crippen molar-refractivity contribution >= 4 is 56.8 Å². The summed E-state index contributed by atoms with van der Waals surface area (Å²) in [6, 6.07) is 19.1. The number of carbonyl (C=O) groups is 2. The monoisotopic (exact) mass is 804 g/mol. The molecule has 2 aliphatic carbocycles. The lowest BCUT2D eigenvalue weighted by atomic mass is 9.79. The second-order valence-corrected chi connectivity index (χ2v) is 17.3. The highest BCUT2D eigenvalue weighted by Crippen LogP contribution is 2.51. The van der Waals surface area contributed by atoms with E-state index >= 15 is 4.39 Å². The zero-order chi connectivity index (χ0) is 39.1. The van der Waals surface area contributed by atoms with Crippen LogP contribution in [0.1, 0.15) is 84.3 Å². The Morgan fingerprint density at radius 1 is 1.05 bits per heavy atom. The maximum Gasteiger partial charge on any atom is 0.253 e. The average Bonchev–Trinajstić information content (AvgIpc) is 3.73. The maximum absolute atomic E-state index is 17.3. The lowest BCUT2D eigenvalue weighted by Crippen LogP contribution is -2.41. The number of ether oxygens (including phenoxy) is 1. The van der Waals surface area contributed by atoms with Gasteiger partial charge in [0.1, 0.15) is 17.4 Å². The fourth-order valence-corrected chi connectivity index (χ4v) is 10.5. The Balaban J connectivity index is 1.11. The summed E-state index contributed by atoms with van der Waals surface area (Å²) < 4.78 is 26.4. The molecule has 5 atom stereocenters. The number of fused-ring (bicyclic) bond motifs is 4. The molecule has 4 saturated heterocycles. The van der Waals surface area contributed by atoms with Gasteiger partial charge >= 0.3 is 0 Å². The van der Waals surface area contributed by atoms with Crippen LogP contribution in [0.5, 0.6) is 5.75 Å². The third-order valence-electron chi connectivity index (χ3n) is 13.0. The molecule has 5 aromatic rings. The normalized spacial score (nSPS) is 24.0. The molecule has 2 bridgehead atoms.